The summed E-state index contributed by atoms with van der Waals surface area (Å²) < 4.78 is 0. The highest BCUT2D eigenvalue weighted by molar-refractivity contribution is 5.85. The second kappa shape index (κ2) is 4.35. The summed E-state index contributed by atoms with van der Waals surface area (Å²) >= 11 is 0. The maximum Gasteiger partial charge on any atom is 0.0892 e. The molecule has 4 nitrogen and oxygen atoms in total. The zero-order chi connectivity index (χ0) is 13.4. The SMILES string of the molecule is c1cnc2cc(-c3ccc4nccnc4c3)ccc2n1. The van der Waals surface area contributed by atoms with Crippen LogP contribution in [0.5, 0.6) is 0 Å². The molecule has 0 amide bonds. The van der Waals surface area contributed by atoms with E-state index in [-0.39, 0.29) is 0 Å². The fourth-order valence-electron chi connectivity index (χ4n) is 2.29. The van der Waals surface area contributed by atoms with Crippen LogP contribution in [0.3, 0.4) is 0 Å². The topological polar surface area (TPSA) is 51.6 Å². The molecule has 20 heavy (non-hydrogen) atoms. The first-order valence-corrected chi connectivity index (χ1v) is 6.32. The Labute approximate surface area is 115 Å². The molecule has 2 heterocycles. The molecule has 4 rings (SSSR count). The molecule has 0 N–H and O–H groups in total. The Balaban J connectivity index is 1.91. The van der Waals surface area contributed by atoms with E-state index in [0.29, 0.717) is 0 Å². The number of nitrogens with zero attached hydrogens (tertiary/aromatic N) is 4. The highest BCUT2D eigenvalue weighted by Gasteiger charge is 2.03. The molecule has 2 aromatic carbocycles. The average molecular weight is 258 g/mol. The van der Waals surface area contributed by atoms with Crippen LogP contribution >= 0.6 is 0 Å². The van der Waals surface area contributed by atoms with Crippen LogP contribution in [0.1, 0.15) is 0 Å². The van der Waals surface area contributed by atoms with Gasteiger partial charge in [0.1, 0.15) is 0 Å². The molecule has 0 bridgehead atoms. The second-order valence-electron chi connectivity index (χ2n) is 4.52. The second-order valence-corrected chi connectivity index (χ2v) is 4.52. The van der Waals surface area contributed by atoms with Crippen molar-refractivity contribution in [3.8, 4) is 11.1 Å². The number of aromatic nitrogens is 4. The number of fused-ring (bicyclic) bond motifs is 2. The first-order chi connectivity index (χ1) is 9.90. The molecule has 0 saturated carbocycles. The van der Waals surface area contributed by atoms with Gasteiger partial charge in [0, 0.05) is 24.8 Å². The Bertz CT molecular complexity index is 841. The third-order valence-corrected chi connectivity index (χ3v) is 3.27. The van der Waals surface area contributed by atoms with Gasteiger partial charge in [-0.2, -0.15) is 0 Å². The first-order valence-electron chi connectivity index (χ1n) is 6.32. The van der Waals surface area contributed by atoms with Crippen LogP contribution in [0.15, 0.2) is 61.2 Å². The smallest absolute Gasteiger partial charge is 0.0892 e. The molecule has 0 aliphatic heterocycles. The number of hydrogen-bond donors (Lipinski definition) is 0. The molecular formula is C16H10N4. The predicted octanol–water partition coefficient (Wildman–Crippen LogP) is 3.24. The fourth-order valence-corrected chi connectivity index (χ4v) is 2.29. The van der Waals surface area contributed by atoms with Crippen LogP contribution in [-0.4, -0.2) is 19.9 Å². The lowest BCUT2D eigenvalue weighted by atomic mass is 10.0. The quantitative estimate of drug-likeness (QED) is 0.526. The summed E-state index contributed by atoms with van der Waals surface area (Å²) in [5.41, 5.74) is 5.79. The number of rotatable bonds is 1. The van der Waals surface area contributed by atoms with Crippen LogP contribution in [0.25, 0.3) is 33.2 Å². The standard InChI is InChI=1S/C16H10N4/c1-3-13-15(19-7-5-17-13)9-11(1)12-2-4-14-16(10-12)20-8-6-18-14/h1-10H. The van der Waals surface area contributed by atoms with Gasteiger partial charge in [-0.05, 0) is 35.4 Å². The minimum Gasteiger partial charge on any atom is -0.253 e. The maximum atomic E-state index is 4.34. The van der Waals surface area contributed by atoms with Crippen LogP contribution in [0, 0.1) is 0 Å². The van der Waals surface area contributed by atoms with E-state index in [9.17, 15) is 0 Å². The Morgan fingerprint density at radius 3 is 1.30 bits per heavy atom. The summed E-state index contributed by atoms with van der Waals surface area (Å²) in [4.78, 5) is 17.2. The summed E-state index contributed by atoms with van der Waals surface area (Å²) in [5.74, 6) is 0. The molecule has 0 atom stereocenters. The molecule has 0 aliphatic rings. The van der Waals surface area contributed by atoms with Crippen LogP contribution in [-0.2, 0) is 0 Å². The van der Waals surface area contributed by atoms with Crippen molar-refractivity contribution >= 4 is 22.1 Å². The lowest BCUT2D eigenvalue weighted by molar-refractivity contribution is 1.29. The Morgan fingerprint density at radius 2 is 0.850 bits per heavy atom. The van der Waals surface area contributed by atoms with Crippen LogP contribution in [0.2, 0.25) is 0 Å². The number of hydrogen-bond acceptors (Lipinski definition) is 4. The third-order valence-electron chi connectivity index (χ3n) is 3.27. The van der Waals surface area contributed by atoms with Gasteiger partial charge in [0.15, 0.2) is 0 Å². The van der Waals surface area contributed by atoms with Crippen LogP contribution in [0.4, 0.5) is 0 Å². The monoisotopic (exact) mass is 258 g/mol. The lowest BCUT2D eigenvalue weighted by Gasteiger charge is -2.04. The first kappa shape index (κ1) is 11.0. The minimum atomic E-state index is 0.893. The summed E-state index contributed by atoms with van der Waals surface area (Å²) in [6.45, 7) is 0. The third kappa shape index (κ3) is 1.78. The van der Waals surface area contributed by atoms with E-state index in [1.165, 1.54) is 0 Å². The van der Waals surface area contributed by atoms with Crippen molar-refractivity contribution in [2.75, 3.05) is 0 Å². The minimum absolute atomic E-state index is 0.893. The van der Waals surface area contributed by atoms with Crippen molar-refractivity contribution in [3.05, 3.63) is 61.2 Å². The Morgan fingerprint density at radius 1 is 0.450 bits per heavy atom. The van der Waals surface area contributed by atoms with Gasteiger partial charge in [-0.1, -0.05) is 12.1 Å². The van der Waals surface area contributed by atoms with E-state index in [2.05, 4.69) is 32.1 Å². The molecule has 0 saturated heterocycles. The molecule has 4 aromatic rings. The fraction of sp³-hybridized carbons (Fsp3) is 0. The predicted molar refractivity (Wildman–Crippen MR) is 78.1 cm³/mol. The average Bonchev–Trinajstić information content (AvgIpc) is 2.54. The molecule has 4 heteroatoms. The Kier molecular flexibility index (Phi) is 2.39. The zero-order valence-corrected chi connectivity index (χ0v) is 10.6. The van der Waals surface area contributed by atoms with Crippen LogP contribution < -0.4 is 0 Å². The molecule has 0 aliphatic carbocycles. The summed E-state index contributed by atoms with van der Waals surface area (Å²) in [6, 6.07) is 12.2. The molecule has 0 radical (unpaired) electrons. The van der Waals surface area contributed by atoms with Gasteiger partial charge in [-0.15, -0.1) is 0 Å². The van der Waals surface area contributed by atoms with Crippen molar-refractivity contribution in [2.45, 2.75) is 0 Å². The van der Waals surface area contributed by atoms with E-state index in [4.69, 9.17) is 0 Å². The largest absolute Gasteiger partial charge is 0.253 e. The van der Waals surface area contributed by atoms with Gasteiger partial charge in [0.2, 0.25) is 0 Å². The molecular weight excluding hydrogens is 248 g/mol. The highest BCUT2D eigenvalue weighted by atomic mass is 14.8. The summed E-state index contributed by atoms with van der Waals surface area (Å²) in [7, 11) is 0. The van der Waals surface area contributed by atoms with Crippen molar-refractivity contribution < 1.29 is 0 Å². The summed E-state index contributed by atoms with van der Waals surface area (Å²) in [6.07, 6.45) is 6.82. The summed E-state index contributed by atoms with van der Waals surface area (Å²) in [5, 5.41) is 0. The highest BCUT2D eigenvalue weighted by Crippen LogP contribution is 2.24. The van der Waals surface area contributed by atoms with Crippen molar-refractivity contribution in [2.24, 2.45) is 0 Å². The Hall–Kier alpha value is -2.88. The van der Waals surface area contributed by atoms with E-state index in [1.807, 2.05) is 24.3 Å². The maximum absolute atomic E-state index is 4.34. The van der Waals surface area contributed by atoms with Gasteiger partial charge in [-0.25, -0.2) is 0 Å². The van der Waals surface area contributed by atoms with Crippen molar-refractivity contribution in [1.29, 1.82) is 0 Å². The number of benzene rings is 2. The molecule has 0 fully saturated rings. The van der Waals surface area contributed by atoms with Gasteiger partial charge < -0.3 is 0 Å². The van der Waals surface area contributed by atoms with Gasteiger partial charge in [0.25, 0.3) is 0 Å². The van der Waals surface area contributed by atoms with Crippen molar-refractivity contribution in [3.63, 3.8) is 0 Å². The molecule has 94 valence electrons. The normalized spacial score (nSPS) is 11.0. The molecule has 0 unspecified atom stereocenters. The van der Waals surface area contributed by atoms with Gasteiger partial charge in [-0.3, -0.25) is 19.9 Å². The molecule has 0 spiro atoms. The van der Waals surface area contributed by atoms with E-state index < -0.39 is 0 Å². The lowest BCUT2D eigenvalue weighted by Crippen LogP contribution is -1.86. The van der Waals surface area contributed by atoms with E-state index in [1.54, 1.807) is 24.8 Å². The van der Waals surface area contributed by atoms with Crippen molar-refractivity contribution in [1.82, 2.24) is 19.9 Å². The zero-order valence-electron chi connectivity index (χ0n) is 10.6. The van der Waals surface area contributed by atoms with E-state index >= 15 is 0 Å². The molecule has 2 aromatic heterocycles. The van der Waals surface area contributed by atoms with Gasteiger partial charge in [0.05, 0.1) is 22.1 Å². The van der Waals surface area contributed by atoms with E-state index in [0.717, 1.165) is 33.2 Å². The van der Waals surface area contributed by atoms with Gasteiger partial charge >= 0.3 is 0 Å².